The van der Waals surface area contributed by atoms with Gasteiger partial charge in [0, 0.05) is 4.47 Å². The number of carboxylic acids is 1. The van der Waals surface area contributed by atoms with Crippen LogP contribution in [0.1, 0.15) is 35.7 Å². The number of aryl methyl sites for hydroxylation is 1. The molecule has 0 aliphatic carbocycles. The molecule has 1 aromatic rings. The van der Waals surface area contributed by atoms with Crippen LogP contribution in [0.25, 0.3) is 0 Å². The third-order valence-corrected chi connectivity index (χ3v) is 2.84. The number of carboxylic acid groups (broad SMARTS) is 1. The summed E-state index contributed by atoms with van der Waals surface area (Å²) in [4.78, 5) is 10.7. The summed E-state index contributed by atoms with van der Waals surface area (Å²) in [6.07, 6.45) is 3.27. The van der Waals surface area contributed by atoms with E-state index in [2.05, 4.69) is 22.9 Å². The van der Waals surface area contributed by atoms with Crippen molar-refractivity contribution in [2.24, 2.45) is 0 Å². The minimum Gasteiger partial charge on any atom is -0.478 e. The first-order valence-corrected chi connectivity index (χ1v) is 5.46. The van der Waals surface area contributed by atoms with E-state index >= 15 is 0 Å². The van der Waals surface area contributed by atoms with Crippen LogP contribution >= 0.6 is 15.9 Å². The molecule has 0 aliphatic rings. The zero-order chi connectivity index (χ0) is 10.6. The summed E-state index contributed by atoms with van der Waals surface area (Å²) in [5.41, 5.74) is 1.51. The Kier molecular flexibility index (Phi) is 4.14. The molecule has 0 saturated carbocycles. The summed E-state index contributed by atoms with van der Waals surface area (Å²) < 4.78 is 0.894. The molecule has 0 spiro atoms. The minimum absolute atomic E-state index is 0.331. The topological polar surface area (TPSA) is 37.3 Å². The lowest BCUT2D eigenvalue weighted by Gasteiger charge is -2.04. The summed E-state index contributed by atoms with van der Waals surface area (Å²) >= 11 is 3.38. The summed E-state index contributed by atoms with van der Waals surface area (Å²) in [6.45, 7) is 2.14. The lowest BCUT2D eigenvalue weighted by molar-refractivity contribution is 0.0697. The van der Waals surface area contributed by atoms with Crippen LogP contribution in [-0.4, -0.2) is 11.1 Å². The van der Waals surface area contributed by atoms with Crippen molar-refractivity contribution in [3.8, 4) is 0 Å². The van der Waals surface area contributed by atoms with Gasteiger partial charge in [0.2, 0.25) is 0 Å². The van der Waals surface area contributed by atoms with Crippen molar-refractivity contribution < 1.29 is 9.90 Å². The number of halogens is 1. The van der Waals surface area contributed by atoms with Crippen LogP contribution < -0.4 is 0 Å². The Morgan fingerprint density at radius 3 is 2.71 bits per heavy atom. The van der Waals surface area contributed by atoms with E-state index in [9.17, 15) is 4.79 Å². The molecule has 0 fully saturated rings. The lowest BCUT2D eigenvalue weighted by atomic mass is 10.1. The van der Waals surface area contributed by atoms with Crippen molar-refractivity contribution in [2.45, 2.75) is 26.2 Å². The summed E-state index contributed by atoms with van der Waals surface area (Å²) in [5.74, 6) is -0.882. The molecule has 1 rings (SSSR count). The molecule has 0 aliphatic heterocycles. The van der Waals surface area contributed by atoms with Crippen molar-refractivity contribution in [3.63, 3.8) is 0 Å². The minimum atomic E-state index is -0.882. The van der Waals surface area contributed by atoms with Gasteiger partial charge in [-0.05, 0) is 30.5 Å². The zero-order valence-corrected chi connectivity index (χ0v) is 9.67. The highest BCUT2D eigenvalue weighted by Gasteiger charge is 2.05. The average Bonchev–Trinajstić information content (AvgIpc) is 2.15. The Bertz CT molecular complexity index is 334. The fraction of sp³-hybridized carbons (Fsp3) is 0.364. The van der Waals surface area contributed by atoms with Gasteiger partial charge in [-0.15, -0.1) is 0 Å². The molecule has 0 saturated heterocycles. The zero-order valence-electron chi connectivity index (χ0n) is 8.09. The fourth-order valence-electron chi connectivity index (χ4n) is 1.25. The third-order valence-electron chi connectivity index (χ3n) is 2.10. The van der Waals surface area contributed by atoms with E-state index in [-0.39, 0.29) is 0 Å². The molecule has 0 aromatic heterocycles. The van der Waals surface area contributed by atoms with Crippen molar-refractivity contribution in [1.29, 1.82) is 0 Å². The quantitative estimate of drug-likeness (QED) is 0.896. The summed E-state index contributed by atoms with van der Waals surface area (Å²) in [7, 11) is 0. The van der Waals surface area contributed by atoms with E-state index in [1.54, 1.807) is 12.1 Å². The second-order valence-corrected chi connectivity index (χ2v) is 4.07. The second kappa shape index (κ2) is 5.15. The maximum Gasteiger partial charge on any atom is 0.335 e. The van der Waals surface area contributed by atoms with E-state index < -0.39 is 5.97 Å². The monoisotopic (exact) mass is 256 g/mol. The predicted octanol–water partition coefficient (Wildman–Crippen LogP) is 3.49. The molecule has 76 valence electrons. The van der Waals surface area contributed by atoms with Gasteiger partial charge in [0.1, 0.15) is 0 Å². The highest BCUT2D eigenvalue weighted by Crippen LogP contribution is 2.20. The number of carbonyl (C=O) groups is 1. The van der Waals surface area contributed by atoms with Crippen molar-refractivity contribution in [3.05, 3.63) is 33.8 Å². The Labute approximate surface area is 92.1 Å². The maximum atomic E-state index is 10.7. The SMILES string of the molecule is CCCCc1ccc(C(=O)O)cc1Br. The van der Waals surface area contributed by atoms with Crippen LogP contribution in [0.4, 0.5) is 0 Å². The van der Waals surface area contributed by atoms with E-state index in [4.69, 9.17) is 5.11 Å². The molecule has 0 bridgehead atoms. The molecule has 0 heterocycles. The highest BCUT2D eigenvalue weighted by molar-refractivity contribution is 9.10. The van der Waals surface area contributed by atoms with E-state index in [0.29, 0.717) is 5.56 Å². The molecule has 14 heavy (non-hydrogen) atoms. The van der Waals surface area contributed by atoms with Crippen LogP contribution in [0.5, 0.6) is 0 Å². The molecule has 3 heteroatoms. The van der Waals surface area contributed by atoms with Crippen molar-refractivity contribution in [1.82, 2.24) is 0 Å². The highest BCUT2D eigenvalue weighted by atomic mass is 79.9. The standard InChI is InChI=1S/C11H13BrO2/c1-2-3-4-8-5-6-9(11(13)14)7-10(8)12/h5-7H,2-4H2,1H3,(H,13,14). The number of hydrogen-bond acceptors (Lipinski definition) is 1. The van der Waals surface area contributed by atoms with E-state index in [1.165, 1.54) is 5.56 Å². The van der Waals surface area contributed by atoms with Gasteiger partial charge < -0.3 is 5.11 Å². The smallest absolute Gasteiger partial charge is 0.335 e. The molecule has 0 unspecified atom stereocenters. The Balaban J connectivity index is 2.84. The van der Waals surface area contributed by atoms with Crippen LogP contribution in [0, 0.1) is 0 Å². The molecular weight excluding hydrogens is 244 g/mol. The fourth-order valence-corrected chi connectivity index (χ4v) is 1.83. The number of hydrogen-bond donors (Lipinski definition) is 1. The summed E-state index contributed by atoms with van der Waals surface area (Å²) in [6, 6.07) is 5.19. The van der Waals surface area contributed by atoms with Gasteiger partial charge in [0.15, 0.2) is 0 Å². The molecule has 0 atom stereocenters. The number of benzene rings is 1. The van der Waals surface area contributed by atoms with Crippen LogP contribution in [0.15, 0.2) is 22.7 Å². The maximum absolute atomic E-state index is 10.7. The van der Waals surface area contributed by atoms with Crippen LogP contribution in [0.2, 0.25) is 0 Å². The molecule has 0 radical (unpaired) electrons. The van der Waals surface area contributed by atoms with Gasteiger partial charge in [-0.2, -0.15) is 0 Å². The van der Waals surface area contributed by atoms with Gasteiger partial charge >= 0.3 is 5.97 Å². The van der Waals surface area contributed by atoms with Gasteiger partial charge in [-0.1, -0.05) is 35.3 Å². The number of rotatable bonds is 4. The average molecular weight is 257 g/mol. The predicted molar refractivity (Wildman–Crippen MR) is 59.7 cm³/mol. The number of unbranched alkanes of at least 4 members (excludes halogenated alkanes) is 1. The normalized spacial score (nSPS) is 10.1. The van der Waals surface area contributed by atoms with Gasteiger partial charge in [-0.3, -0.25) is 0 Å². The molecule has 2 nitrogen and oxygen atoms in total. The van der Waals surface area contributed by atoms with E-state index in [1.807, 2.05) is 6.07 Å². The van der Waals surface area contributed by atoms with Gasteiger partial charge in [0.25, 0.3) is 0 Å². The van der Waals surface area contributed by atoms with Crippen LogP contribution in [-0.2, 0) is 6.42 Å². The molecular formula is C11H13BrO2. The lowest BCUT2D eigenvalue weighted by Crippen LogP contribution is -1.97. The Morgan fingerprint density at radius 1 is 1.50 bits per heavy atom. The molecule has 0 amide bonds. The van der Waals surface area contributed by atoms with Crippen molar-refractivity contribution in [2.75, 3.05) is 0 Å². The molecule has 1 aromatic carbocycles. The van der Waals surface area contributed by atoms with Gasteiger partial charge in [0.05, 0.1) is 5.56 Å². The first kappa shape index (κ1) is 11.2. The Morgan fingerprint density at radius 2 is 2.21 bits per heavy atom. The second-order valence-electron chi connectivity index (χ2n) is 3.21. The van der Waals surface area contributed by atoms with Crippen LogP contribution in [0.3, 0.4) is 0 Å². The molecule has 1 N–H and O–H groups in total. The first-order valence-electron chi connectivity index (χ1n) is 4.67. The third kappa shape index (κ3) is 2.84. The summed E-state index contributed by atoms with van der Waals surface area (Å²) in [5, 5.41) is 8.76. The van der Waals surface area contributed by atoms with Crippen molar-refractivity contribution >= 4 is 21.9 Å². The Hall–Kier alpha value is -0.830. The first-order chi connectivity index (χ1) is 6.65. The van der Waals surface area contributed by atoms with E-state index in [0.717, 1.165) is 23.7 Å². The van der Waals surface area contributed by atoms with Gasteiger partial charge in [-0.25, -0.2) is 4.79 Å². The largest absolute Gasteiger partial charge is 0.478 e. The number of aromatic carboxylic acids is 1.